The van der Waals surface area contributed by atoms with Gasteiger partial charge in [0.15, 0.2) is 0 Å². The molecule has 110 valence electrons. The fraction of sp³-hybridized carbons (Fsp3) is 1.00. The van der Waals surface area contributed by atoms with Crippen LogP contribution >= 0.6 is 0 Å². The van der Waals surface area contributed by atoms with Gasteiger partial charge in [0.2, 0.25) is 0 Å². The molecule has 0 saturated carbocycles. The fourth-order valence-corrected chi connectivity index (χ4v) is 1.43. The standard InChI is InChI=1S/C14H30O4/c1-3-5-6-7-8-16-11-12-18-14-13-17-10-9-15-4-2/h3-14H2,1-2H3. The average Bonchev–Trinajstić information content (AvgIpc) is 2.39. The molecule has 0 unspecified atom stereocenters. The molecule has 4 heteroatoms. The molecule has 0 spiro atoms. The van der Waals surface area contributed by atoms with Crippen LogP contribution in [0.2, 0.25) is 0 Å². The Labute approximate surface area is 112 Å². The van der Waals surface area contributed by atoms with Gasteiger partial charge in [-0.3, -0.25) is 0 Å². The SMILES string of the molecule is CCCCCCOCCOCCOCCOCC. The molecule has 0 radical (unpaired) electrons. The lowest BCUT2D eigenvalue weighted by Gasteiger charge is -2.06. The third-order valence-electron chi connectivity index (χ3n) is 2.46. The predicted molar refractivity (Wildman–Crippen MR) is 73.1 cm³/mol. The Morgan fingerprint density at radius 2 is 1.00 bits per heavy atom. The number of hydrogen-bond donors (Lipinski definition) is 0. The molecule has 0 aromatic carbocycles. The maximum absolute atomic E-state index is 5.45. The van der Waals surface area contributed by atoms with Gasteiger partial charge in [-0.05, 0) is 13.3 Å². The molecule has 0 aliphatic carbocycles. The molecule has 0 amide bonds. The van der Waals surface area contributed by atoms with E-state index in [4.69, 9.17) is 18.9 Å². The molecule has 0 bridgehead atoms. The Morgan fingerprint density at radius 3 is 1.50 bits per heavy atom. The van der Waals surface area contributed by atoms with Crippen LogP contribution in [0, 0.1) is 0 Å². The second-order valence-electron chi connectivity index (χ2n) is 4.09. The van der Waals surface area contributed by atoms with E-state index in [1.807, 2.05) is 6.92 Å². The minimum absolute atomic E-state index is 0.629. The number of unbranched alkanes of at least 4 members (excludes halogenated alkanes) is 3. The summed E-state index contributed by atoms with van der Waals surface area (Å²) in [6, 6.07) is 0. The van der Waals surface area contributed by atoms with Crippen molar-refractivity contribution in [1.29, 1.82) is 0 Å². The van der Waals surface area contributed by atoms with Crippen molar-refractivity contribution in [2.24, 2.45) is 0 Å². The van der Waals surface area contributed by atoms with E-state index in [1.54, 1.807) is 0 Å². The fourth-order valence-electron chi connectivity index (χ4n) is 1.43. The van der Waals surface area contributed by atoms with Gasteiger partial charge in [0.1, 0.15) is 0 Å². The van der Waals surface area contributed by atoms with Gasteiger partial charge in [0.25, 0.3) is 0 Å². The Balaban J connectivity index is 2.86. The molecule has 0 fully saturated rings. The second-order valence-corrected chi connectivity index (χ2v) is 4.09. The van der Waals surface area contributed by atoms with Crippen LogP contribution in [-0.4, -0.2) is 52.9 Å². The summed E-state index contributed by atoms with van der Waals surface area (Å²) in [5, 5.41) is 0. The lowest BCUT2D eigenvalue weighted by molar-refractivity contribution is -0.000834. The van der Waals surface area contributed by atoms with Crippen LogP contribution < -0.4 is 0 Å². The molecule has 0 aliphatic heterocycles. The number of hydrogen-bond acceptors (Lipinski definition) is 4. The normalized spacial score (nSPS) is 11.0. The third-order valence-corrected chi connectivity index (χ3v) is 2.46. The summed E-state index contributed by atoms with van der Waals surface area (Å²) in [5.74, 6) is 0. The van der Waals surface area contributed by atoms with Gasteiger partial charge in [-0.1, -0.05) is 26.2 Å². The highest BCUT2D eigenvalue weighted by molar-refractivity contribution is 4.40. The highest BCUT2D eigenvalue weighted by Crippen LogP contribution is 1.98. The maximum Gasteiger partial charge on any atom is 0.0701 e. The molecule has 0 aromatic heterocycles. The van der Waals surface area contributed by atoms with E-state index in [2.05, 4.69) is 6.92 Å². The van der Waals surface area contributed by atoms with Gasteiger partial charge in [0, 0.05) is 13.2 Å². The summed E-state index contributed by atoms with van der Waals surface area (Å²) >= 11 is 0. The molecule has 0 aromatic rings. The molecule has 18 heavy (non-hydrogen) atoms. The Kier molecular flexibility index (Phi) is 16.7. The summed E-state index contributed by atoms with van der Waals surface area (Å²) < 4.78 is 21.3. The van der Waals surface area contributed by atoms with Crippen LogP contribution in [0.25, 0.3) is 0 Å². The Bertz CT molecular complexity index is 126. The van der Waals surface area contributed by atoms with E-state index in [9.17, 15) is 0 Å². The summed E-state index contributed by atoms with van der Waals surface area (Å²) in [7, 11) is 0. The largest absolute Gasteiger partial charge is 0.379 e. The van der Waals surface area contributed by atoms with Crippen molar-refractivity contribution in [3.05, 3.63) is 0 Å². The smallest absolute Gasteiger partial charge is 0.0701 e. The number of ether oxygens (including phenoxy) is 4. The van der Waals surface area contributed by atoms with E-state index in [0.717, 1.165) is 19.6 Å². The topological polar surface area (TPSA) is 36.9 Å². The average molecular weight is 262 g/mol. The molecule has 0 saturated heterocycles. The lowest BCUT2D eigenvalue weighted by atomic mass is 10.2. The van der Waals surface area contributed by atoms with Gasteiger partial charge in [-0.15, -0.1) is 0 Å². The minimum atomic E-state index is 0.629. The van der Waals surface area contributed by atoms with Crippen LogP contribution in [0.15, 0.2) is 0 Å². The second kappa shape index (κ2) is 16.8. The van der Waals surface area contributed by atoms with Crippen molar-refractivity contribution in [2.75, 3.05) is 52.9 Å². The third kappa shape index (κ3) is 15.8. The van der Waals surface area contributed by atoms with Crippen LogP contribution in [0.1, 0.15) is 39.5 Å². The zero-order valence-electron chi connectivity index (χ0n) is 12.1. The van der Waals surface area contributed by atoms with Crippen LogP contribution in [0.5, 0.6) is 0 Å². The predicted octanol–water partition coefficient (Wildman–Crippen LogP) is 2.65. The zero-order chi connectivity index (χ0) is 13.3. The monoisotopic (exact) mass is 262 g/mol. The van der Waals surface area contributed by atoms with Crippen molar-refractivity contribution < 1.29 is 18.9 Å². The molecular weight excluding hydrogens is 232 g/mol. The summed E-state index contributed by atoms with van der Waals surface area (Å²) in [6.07, 6.45) is 5.00. The highest BCUT2D eigenvalue weighted by Gasteiger charge is 1.92. The molecule has 0 atom stereocenters. The first-order chi connectivity index (χ1) is 8.91. The van der Waals surface area contributed by atoms with Crippen molar-refractivity contribution >= 4 is 0 Å². The van der Waals surface area contributed by atoms with Crippen molar-refractivity contribution in [3.8, 4) is 0 Å². The molecule has 0 rings (SSSR count). The van der Waals surface area contributed by atoms with E-state index in [0.29, 0.717) is 39.6 Å². The molecular formula is C14H30O4. The van der Waals surface area contributed by atoms with E-state index >= 15 is 0 Å². The first kappa shape index (κ1) is 17.8. The molecule has 0 N–H and O–H groups in total. The van der Waals surface area contributed by atoms with Gasteiger partial charge < -0.3 is 18.9 Å². The Morgan fingerprint density at radius 1 is 0.500 bits per heavy atom. The quantitative estimate of drug-likeness (QED) is 0.425. The van der Waals surface area contributed by atoms with Crippen molar-refractivity contribution in [2.45, 2.75) is 39.5 Å². The first-order valence-corrected chi connectivity index (χ1v) is 7.22. The summed E-state index contributed by atoms with van der Waals surface area (Å²) in [4.78, 5) is 0. The van der Waals surface area contributed by atoms with E-state index < -0.39 is 0 Å². The van der Waals surface area contributed by atoms with Gasteiger partial charge in [0.05, 0.1) is 39.6 Å². The maximum atomic E-state index is 5.45. The first-order valence-electron chi connectivity index (χ1n) is 7.22. The summed E-state index contributed by atoms with van der Waals surface area (Å²) in [5.41, 5.74) is 0. The van der Waals surface area contributed by atoms with E-state index in [1.165, 1.54) is 19.3 Å². The minimum Gasteiger partial charge on any atom is -0.379 e. The molecule has 0 heterocycles. The van der Waals surface area contributed by atoms with Crippen molar-refractivity contribution in [3.63, 3.8) is 0 Å². The van der Waals surface area contributed by atoms with Gasteiger partial charge in [-0.25, -0.2) is 0 Å². The Hall–Kier alpha value is -0.160. The molecule has 0 aliphatic rings. The summed E-state index contributed by atoms with van der Waals surface area (Å²) in [6.45, 7) is 9.70. The lowest BCUT2D eigenvalue weighted by Crippen LogP contribution is -2.12. The highest BCUT2D eigenvalue weighted by atomic mass is 16.6. The van der Waals surface area contributed by atoms with Crippen LogP contribution in [0.4, 0.5) is 0 Å². The van der Waals surface area contributed by atoms with Gasteiger partial charge in [-0.2, -0.15) is 0 Å². The van der Waals surface area contributed by atoms with Crippen LogP contribution in [0.3, 0.4) is 0 Å². The number of rotatable bonds is 15. The van der Waals surface area contributed by atoms with Gasteiger partial charge >= 0.3 is 0 Å². The van der Waals surface area contributed by atoms with E-state index in [-0.39, 0.29) is 0 Å². The zero-order valence-corrected chi connectivity index (χ0v) is 12.1. The van der Waals surface area contributed by atoms with Crippen molar-refractivity contribution in [1.82, 2.24) is 0 Å². The molecule has 4 nitrogen and oxygen atoms in total. The van der Waals surface area contributed by atoms with Crippen LogP contribution in [-0.2, 0) is 18.9 Å².